The van der Waals surface area contributed by atoms with Crippen LogP contribution in [0, 0.1) is 5.82 Å². The summed E-state index contributed by atoms with van der Waals surface area (Å²) < 4.78 is 41.6. The highest BCUT2D eigenvalue weighted by atomic mass is 32.2. The zero-order valence-electron chi connectivity index (χ0n) is 13.6. The lowest BCUT2D eigenvalue weighted by molar-refractivity contribution is -0.119. The van der Waals surface area contributed by atoms with Gasteiger partial charge in [-0.2, -0.15) is 0 Å². The van der Waals surface area contributed by atoms with Crippen LogP contribution in [0.25, 0.3) is 0 Å². The molecule has 2 aromatic carbocycles. The number of aryl methyl sites for hydroxylation is 1. The topological polar surface area (TPSA) is 66.5 Å². The molecule has 2 aliphatic rings. The van der Waals surface area contributed by atoms with Gasteiger partial charge in [0.05, 0.1) is 22.2 Å². The number of carbonyl (C=O) groups is 1. The molecule has 5 nitrogen and oxygen atoms in total. The molecule has 7 heteroatoms. The van der Waals surface area contributed by atoms with Crippen molar-refractivity contribution in [3.63, 3.8) is 0 Å². The van der Waals surface area contributed by atoms with E-state index in [1.54, 1.807) is 24.0 Å². The maximum atomic E-state index is 13.8. The molecule has 2 heterocycles. The molecule has 0 saturated heterocycles. The standard InChI is InChI=1S/C18H17FN2O3S/c1-11-14-10-13(9-12-5-4-8-21(17(12)14)18(11)22)25(23,24)20-16-7-3-2-6-15(16)19/h2-3,6-7,9-11,20H,4-5,8H2,1H3/t11-/m0/s1. The molecule has 1 atom stereocenters. The maximum absolute atomic E-state index is 13.8. The molecule has 0 unspecified atom stereocenters. The third kappa shape index (κ3) is 2.50. The van der Waals surface area contributed by atoms with E-state index in [4.69, 9.17) is 0 Å². The van der Waals surface area contributed by atoms with Gasteiger partial charge in [0.15, 0.2) is 0 Å². The lowest BCUT2D eigenvalue weighted by atomic mass is 9.97. The first-order valence-electron chi connectivity index (χ1n) is 8.14. The Labute approximate surface area is 145 Å². The average molecular weight is 360 g/mol. The summed E-state index contributed by atoms with van der Waals surface area (Å²) in [5.74, 6) is -0.994. The Morgan fingerprint density at radius 1 is 1.24 bits per heavy atom. The van der Waals surface area contributed by atoms with Gasteiger partial charge in [0.1, 0.15) is 5.82 Å². The average Bonchev–Trinajstić information content (AvgIpc) is 2.84. The predicted octanol–water partition coefficient (Wildman–Crippen LogP) is 3.02. The predicted molar refractivity (Wildman–Crippen MR) is 92.7 cm³/mol. The quantitative estimate of drug-likeness (QED) is 0.915. The Hall–Kier alpha value is -2.41. The van der Waals surface area contributed by atoms with Crippen LogP contribution in [0.2, 0.25) is 0 Å². The molecule has 0 bridgehead atoms. The van der Waals surface area contributed by atoms with Crippen LogP contribution in [-0.2, 0) is 21.2 Å². The Morgan fingerprint density at radius 3 is 2.76 bits per heavy atom. The second kappa shape index (κ2) is 5.56. The second-order valence-electron chi connectivity index (χ2n) is 6.42. The molecule has 1 N–H and O–H groups in total. The number of benzene rings is 2. The first-order chi connectivity index (χ1) is 11.9. The van der Waals surface area contributed by atoms with E-state index < -0.39 is 15.8 Å². The minimum absolute atomic E-state index is 0.00700. The molecule has 0 spiro atoms. The molecule has 0 aromatic heterocycles. The van der Waals surface area contributed by atoms with Gasteiger partial charge in [0.2, 0.25) is 5.91 Å². The minimum atomic E-state index is -3.94. The number of para-hydroxylation sites is 1. The van der Waals surface area contributed by atoms with E-state index >= 15 is 0 Å². The van der Waals surface area contributed by atoms with Crippen molar-refractivity contribution in [1.29, 1.82) is 0 Å². The Morgan fingerprint density at radius 2 is 2.00 bits per heavy atom. The summed E-state index contributed by atoms with van der Waals surface area (Å²) in [4.78, 5) is 14.2. The summed E-state index contributed by atoms with van der Waals surface area (Å²) in [6.45, 7) is 2.46. The first-order valence-corrected chi connectivity index (χ1v) is 9.62. The van der Waals surface area contributed by atoms with Crippen molar-refractivity contribution in [1.82, 2.24) is 0 Å². The normalized spacial score (nSPS) is 19.0. The lowest BCUT2D eigenvalue weighted by Crippen LogP contribution is -2.32. The molecule has 0 saturated carbocycles. The molecule has 0 fully saturated rings. The van der Waals surface area contributed by atoms with Gasteiger partial charge in [-0.25, -0.2) is 12.8 Å². The second-order valence-corrected chi connectivity index (χ2v) is 8.10. The number of hydrogen-bond donors (Lipinski definition) is 1. The minimum Gasteiger partial charge on any atom is -0.311 e. The molecule has 2 aromatic rings. The summed E-state index contributed by atoms with van der Waals surface area (Å²) in [5.41, 5.74) is 2.35. The molecule has 0 aliphatic carbocycles. The fraction of sp³-hybridized carbons (Fsp3) is 0.278. The molecule has 0 radical (unpaired) electrons. The number of carbonyl (C=O) groups excluding carboxylic acids is 1. The van der Waals surface area contributed by atoms with Crippen LogP contribution < -0.4 is 9.62 Å². The monoisotopic (exact) mass is 360 g/mol. The van der Waals surface area contributed by atoms with Crippen LogP contribution in [0.4, 0.5) is 15.8 Å². The Bertz CT molecular complexity index is 988. The van der Waals surface area contributed by atoms with Crippen molar-refractivity contribution in [3.05, 3.63) is 53.3 Å². The van der Waals surface area contributed by atoms with E-state index in [0.29, 0.717) is 6.54 Å². The highest BCUT2D eigenvalue weighted by Gasteiger charge is 2.38. The van der Waals surface area contributed by atoms with E-state index in [9.17, 15) is 17.6 Å². The van der Waals surface area contributed by atoms with Crippen molar-refractivity contribution < 1.29 is 17.6 Å². The van der Waals surface area contributed by atoms with Gasteiger partial charge >= 0.3 is 0 Å². The van der Waals surface area contributed by atoms with Gasteiger partial charge in [-0.3, -0.25) is 9.52 Å². The number of rotatable bonds is 3. The van der Waals surface area contributed by atoms with Crippen molar-refractivity contribution in [2.75, 3.05) is 16.2 Å². The van der Waals surface area contributed by atoms with Gasteiger partial charge in [-0.05, 0) is 55.2 Å². The van der Waals surface area contributed by atoms with Crippen LogP contribution in [0.15, 0.2) is 41.3 Å². The fourth-order valence-corrected chi connectivity index (χ4v) is 4.72. The molecule has 4 rings (SSSR count). The molecular formula is C18H17FN2O3S. The van der Waals surface area contributed by atoms with E-state index in [0.717, 1.165) is 29.7 Å². The Kier molecular flexibility index (Phi) is 3.57. The van der Waals surface area contributed by atoms with Gasteiger partial charge in [0.25, 0.3) is 10.0 Å². The van der Waals surface area contributed by atoms with Crippen LogP contribution in [0.3, 0.4) is 0 Å². The molecule has 1 amide bonds. The van der Waals surface area contributed by atoms with E-state index in [1.807, 2.05) is 0 Å². The van der Waals surface area contributed by atoms with E-state index in [2.05, 4.69) is 4.72 Å². The fourth-order valence-electron chi connectivity index (χ4n) is 3.57. The van der Waals surface area contributed by atoms with Gasteiger partial charge in [-0.15, -0.1) is 0 Å². The summed E-state index contributed by atoms with van der Waals surface area (Å²) in [5, 5.41) is 0. The lowest BCUT2D eigenvalue weighted by Gasteiger charge is -2.26. The number of nitrogens with zero attached hydrogens (tertiary/aromatic N) is 1. The summed E-state index contributed by atoms with van der Waals surface area (Å²) in [6, 6.07) is 8.76. The molecule has 25 heavy (non-hydrogen) atoms. The van der Waals surface area contributed by atoms with Crippen molar-refractivity contribution in [2.45, 2.75) is 30.6 Å². The first kappa shape index (κ1) is 16.1. The SMILES string of the molecule is C[C@@H]1C(=O)N2CCCc3cc(S(=O)(=O)Nc4ccccc4F)cc1c32. The number of anilines is 2. The molecule has 2 aliphatic heterocycles. The highest BCUT2D eigenvalue weighted by molar-refractivity contribution is 7.92. The summed E-state index contributed by atoms with van der Waals surface area (Å²) in [6.07, 6.45) is 1.52. The third-order valence-corrected chi connectivity index (χ3v) is 6.17. The number of amides is 1. The summed E-state index contributed by atoms with van der Waals surface area (Å²) in [7, 11) is -3.94. The van der Waals surface area contributed by atoms with E-state index in [-0.39, 0.29) is 22.4 Å². The number of halogens is 1. The van der Waals surface area contributed by atoms with Gasteiger partial charge in [-0.1, -0.05) is 12.1 Å². The molecule has 130 valence electrons. The third-order valence-electron chi connectivity index (χ3n) is 4.82. The zero-order valence-corrected chi connectivity index (χ0v) is 14.4. The number of sulfonamides is 1. The number of nitrogens with one attached hydrogen (secondary N) is 1. The van der Waals surface area contributed by atoms with Crippen LogP contribution in [-0.4, -0.2) is 20.9 Å². The Balaban J connectivity index is 1.80. The van der Waals surface area contributed by atoms with Crippen LogP contribution in [0.5, 0.6) is 0 Å². The zero-order chi connectivity index (χ0) is 17.8. The van der Waals surface area contributed by atoms with Crippen molar-refractivity contribution in [2.24, 2.45) is 0 Å². The van der Waals surface area contributed by atoms with Gasteiger partial charge in [0, 0.05) is 6.54 Å². The van der Waals surface area contributed by atoms with Crippen molar-refractivity contribution >= 4 is 27.3 Å². The maximum Gasteiger partial charge on any atom is 0.262 e. The van der Waals surface area contributed by atoms with Gasteiger partial charge < -0.3 is 4.90 Å². The highest BCUT2D eigenvalue weighted by Crippen LogP contribution is 2.44. The number of hydrogen-bond acceptors (Lipinski definition) is 3. The summed E-state index contributed by atoms with van der Waals surface area (Å²) >= 11 is 0. The smallest absolute Gasteiger partial charge is 0.262 e. The largest absolute Gasteiger partial charge is 0.311 e. The van der Waals surface area contributed by atoms with Crippen LogP contribution in [0.1, 0.15) is 30.4 Å². The van der Waals surface area contributed by atoms with Crippen molar-refractivity contribution in [3.8, 4) is 0 Å². The van der Waals surface area contributed by atoms with Crippen LogP contribution >= 0.6 is 0 Å². The molecular weight excluding hydrogens is 343 g/mol. The van der Waals surface area contributed by atoms with E-state index in [1.165, 1.54) is 24.3 Å².